The van der Waals surface area contributed by atoms with Crippen LogP contribution < -0.4 is 10.6 Å². The van der Waals surface area contributed by atoms with Crippen molar-refractivity contribution in [3.05, 3.63) is 108 Å². The average Bonchev–Trinajstić information content (AvgIpc) is 2.91. The van der Waals surface area contributed by atoms with E-state index in [-0.39, 0.29) is 5.75 Å². The van der Waals surface area contributed by atoms with Gasteiger partial charge in [-0.3, -0.25) is 4.90 Å². The van der Waals surface area contributed by atoms with Crippen LogP contribution in [0.3, 0.4) is 0 Å². The van der Waals surface area contributed by atoms with Gasteiger partial charge in [0.2, 0.25) is 5.95 Å². The summed E-state index contributed by atoms with van der Waals surface area (Å²) < 4.78 is 0. The molecule has 178 valence electrons. The van der Waals surface area contributed by atoms with E-state index in [4.69, 9.17) is 4.98 Å². The highest BCUT2D eigenvalue weighted by molar-refractivity contribution is 5.61. The van der Waals surface area contributed by atoms with Crippen molar-refractivity contribution in [3.8, 4) is 17.0 Å². The molecule has 35 heavy (non-hydrogen) atoms. The van der Waals surface area contributed by atoms with Gasteiger partial charge >= 0.3 is 0 Å². The van der Waals surface area contributed by atoms with Crippen LogP contribution in [0.2, 0.25) is 0 Å². The molecule has 0 unspecified atom stereocenters. The minimum Gasteiger partial charge on any atom is -0.508 e. The van der Waals surface area contributed by atoms with E-state index >= 15 is 0 Å². The molecule has 1 atom stereocenters. The summed E-state index contributed by atoms with van der Waals surface area (Å²) in [6, 6.07) is 29.0. The molecule has 1 aliphatic rings. The maximum Gasteiger partial charge on any atom is 0.223 e. The van der Waals surface area contributed by atoms with E-state index < -0.39 is 0 Å². The third-order valence-corrected chi connectivity index (χ3v) is 6.38. The highest BCUT2D eigenvalue weighted by Gasteiger charge is 2.20. The van der Waals surface area contributed by atoms with Crippen LogP contribution in [0.25, 0.3) is 11.3 Å². The lowest BCUT2D eigenvalue weighted by Gasteiger charge is -2.34. The summed E-state index contributed by atoms with van der Waals surface area (Å²) in [5.41, 5.74) is 5.80. The highest BCUT2D eigenvalue weighted by atomic mass is 16.3. The highest BCUT2D eigenvalue weighted by Crippen LogP contribution is 2.22. The molecule has 3 aromatic carbocycles. The Morgan fingerprint density at radius 3 is 2.66 bits per heavy atom. The first-order chi connectivity index (χ1) is 17.2. The number of hydrogen-bond donors (Lipinski definition) is 3. The molecule has 0 aliphatic carbocycles. The van der Waals surface area contributed by atoms with Crippen molar-refractivity contribution in [3.63, 3.8) is 0 Å². The molecule has 5 rings (SSSR count). The Kier molecular flexibility index (Phi) is 7.32. The number of anilines is 1. The van der Waals surface area contributed by atoms with E-state index in [9.17, 15) is 5.11 Å². The number of aromatic hydroxyl groups is 1. The van der Waals surface area contributed by atoms with Gasteiger partial charge in [-0.25, -0.2) is 9.97 Å². The van der Waals surface area contributed by atoms with Crippen molar-refractivity contribution in [1.29, 1.82) is 0 Å². The van der Waals surface area contributed by atoms with Crippen LogP contribution in [0.4, 0.5) is 5.95 Å². The molecule has 1 aromatic heterocycles. The Labute approximate surface area is 206 Å². The number of nitrogens with zero attached hydrogens (tertiary/aromatic N) is 3. The van der Waals surface area contributed by atoms with E-state index in [1.165, 1.54) is 11.1 Å². The van der Waals surface area contributed by atoms with Gasteiger partial charge in [0.25, 0.3) is 0 Å². The Balaban J connectivity index is 1.21. The number of benzene rings is 3. The summed E-state index contributed by atoms with van der Waals surface area (Å²) in [4.78, 5) is 11.6. The number of rotatable bonds is 8. The summed E-state index contributed by atoms with van der Waals surface area (Å²) in [6.45, 7) is 4.67. The molecule has 0 amide bonds. The van der Waals surface area contributed by atoms with Gasteiger partial charge in [-0.15, -0.1) is 0 Å². The fourth-order valence-electron chi connectivity index (χ4n) is 4.54. The molecule has 1 saturated heterocycles. The molecule has 6 nitrogen and oxygen atoms in total. The maximum atomic E-state index is 9.43. The van der Waals surface area contributed by atoms with Crippen LogP contribution in [-0.2, 0) is 13.0 Å². The monoisotopic (exact) mass is 465 g/mol. The van der Waals surface area contributed by atoms with E-state index in [1.807, 2.05) is 18.2 Å². The molecule has 0 saturated carbocycles. The zero-order chi connectivity index (χ0) is 23.9. The van der Waals surface area contributed by atoms with Gasteiger partial charge in [-0.2, -0.15) is 0 Å². The normalized spacial score (nSPS) is 16.2. The van der Waals surface area contributed by atoms with Crippen molar-refractivity contribution in [1.82, 2.24) is 20.2 Å². The van der Waals surface area contributed by atoms with Crippen LogP contribution >= 0.6 is 0 Å². The molecule has 0 spiro atoms. The first kappa shape index (κ1) is 23.0. The standard InChI is InChI=1S/C29H31N5O/c35-26-11-9-22(10-12-26)13-15-31-29-32-16-14-27(33-29)25-8-4-5-23(19-25)20-34-18-17-30-28(21-34)24-6-2-1-3-7-24/h1-12,14,16,19,28,30,35H,13,15,17-18,20-21H2,(H,31,32,33)/t28-/m0/s1. The van der Waals surface area contributed by atoms with E-state index in [0.29, 0.717) is 12.0 Å². The second kappa shape index (κ2) is 11.1. The zero-order valence-corrected chi connectivity index (χ0v) is 19.8. The molecule has 1 aliphatic heterocycles. The quantitative estimate of drug-likeness (QED) is 0.352. The number of nitrogens with one attached hydrogen (secondary N) is 2. The largest absolute Gasteiger partial charge is 0.508 e. The second-order valence-corrected chi connectivity index (χ2v) is 8.96. The number of aromatic nitrogens is 2. The average molecular weight is 466 g/mol. The molecule has 0 radical (unpaired) electrons. The lowest BCUT2D eigenvalue weighted by Crippen LogP contribution is -2.45. The zero-order valence-electron chi connectivity index (χ0n) is 19.8. The molecular formula is C29H31N5O. The number of hydrogen-bond acceptors (Lipinski definition) is 6. The lowest BCUT2D eigenvalue weighted by atomic mass is 10.0. The lowest BCUT2D eigenvalue weighted by molar-refractivity contribution is 0.193. The van der Waals surface area contributed by atoms with Crippen LogP contribution in [0, 0.1) is 0 Å². The van der Waals surface area contributed by atoms with Crippen molar-refractivity contribution in [2.75, 3.05) is 31.5 Å². The molecule has 4 aromatic rings. The van der Waals surface area contributed by atoms with Gasteiger partial charge in [-0.1, -0.05) is 60.7 Å². The third kappa shape index (κ3) is 6.23. The first-order valence-electron chi connectivity index (χ1n) is 12.2. The van der Waals surface area contributed by atoms with Gasteiger partial charge < -0.3 is 15.7 Å². The summed E-state index contributed by atoms with van der Waals surface area (Å²) in [7, 11) is 0. The summed E-state index contributed by atoms with van der Waals surface area (Å²) in [5, 5.41) is 16.4. The minimum absolute atomic E-state index is 0.285. The van der Waals surface area contributed by atoms with Crippen LogP contribution in [-0.4, -0.2) is 46.2 Å². The molecule has 1 fully saturated rings. The predicted octanol–water partition coefficient (Wildman–Crippen LogP) is 4.65. The summed E-state index contributed by atoms with van der Waals surface area (Å²) in [6.07, 6.45) is 2.64. The smallest absolute Gasteiger partial charge is 0.223 e. The summed E-state index contributed by atoms with van der Waals surface area (Å²) >= 11 is 0. The SMILES string of the molecule is Oc1ccc(CCNc2nccc(-c3cccc(CN4CCN[C@H](c5ccccc5)C4)c3)n2)cc1. The van der Waals surface area contributed by atoms with Crippen LogP contribution in [0.15, 0.2) is 91.1 Å². The summed E-state index contributed by atoms with van der Waals surface area (Å²) in [5.74, 6) is 0.910. The predicted molar refractivity (Wildman–Crippen MR) is 140 cm³/mol. The van der Waals surface area contributed by atoms with Gasteiger partial charge in [-0.05, 0) is 47.4 Å². The Morgan fingerprint density at radius 2 is 1.80 bits per heavy atom. The Morgan fingerprint density at radius 1 is 0.943 bits per heavy atom. The molecule has 2 heterocycles. The van der Waals surface area contributed by atoms with Gasteiger partial charge in [0.05, 0.1) is 5.69 Å². The van der Waals surface area contributed by atoms with Gasteiger partial charge in [0, 0.05) is 50.5 Å². The van der Waals surface area contributed by atoms with Crippen molar-refractivity contribution in [2.24, 2.45) is 0 Å². The van der Waals surface area contributed by atoms with Gasteiger partial charge in [0.15, 0.2) is 0 Å². The molecule has 6 heteroatoms. The van der Waals surface area contributed by atoms with E-state index in [0.717, 1.165) is 56.0 Å². The van der Waals surface area contributed by atoms with Crippen LogP contribution in [0.5, 0.6) is 5.75 Å². The number of phenolic OH excluding ortho intramolecular Hbond substituents is 1. The topological polar surface area (TPSA) is 73.3 Å². The number of piperazine rings is 1. The van der Waals surface area contributed by atoms with Crippen molar-refractivity contribution < 1.29 is 5.11 Å². The first-order valence-corrected chi connectivity index (χ1v) is 12.2. The molecule has 3 N–H and O–H groups in total. The fraction of sp³-hybridized carbons (Fsp3) is 0.241. The fourth-order valence-corrected chi connectivity index (χ4v) is 4.54. The molecular weight excluding hydrogens is 434 g/mol. The number of phenols is 1. The second-order valence-electron chi connectivity index (χ2n) is 8.96. The van der Waals surface area contributed by atoms with Crippen molar-refractivity contribution in [2.45, 2.75) is 19.0 Å². The van der Waals surface area contributed by atoms with E-state index in [1.54, 1.807) is 18.3 Å². The third-order valence-electron chi connectivity index (χ3n) is 6.38. The minimum atomic E-state index is 0.285. The maximum absolute atomic E-state index is 9.43. The Hall–Kier alpha value is -3.74. The van der Waals surface area contributed by atoms with Gasteiger partial charge in [0.1, 0.15) is 5.75 Å². The van der Waals surface area contributed by atoms with E-state index in [2.05, 4.69) is 75.1 Å². The molecule has 0 bridgehead atoms. The van der Waals surface area contributed by atoms with Crippen LogP contribution in [0.1, 0.15) is 22.7 Å². The van der Waals surface area contributed by atoms with Crippen molar-refractivity contribution >= 4 is 5.95 Å². The Bertz CT molecular complexity index is 1230.